The molecular weight excluding hydrogens is 324 g/mol. The summed E-state index contributed by atoms with van der Waals surface area (Å²) in [6, 6.07) is 8.13. The fourth-order valence-corrected chi connectivity index (χ4v) is 2.24. The zero-order valence-corrected chi connectivity index (χ0v) is 12.9. The number of carbonyl (C=O) groups is 1. The van der Waals surface area contributed by atoms with Gasteiger partial charge in [-0.2, -0.15) is 0 Å². The number of carboxylic acid groups (broad SMARTS) is 1. The third kappa shape index (κ3) is 4.94. The first-order valence-electron chi connectivity index (χ1n) is 6.36. The Hall–Kier alpha value is -2.25. The Kier molecular flexibility index (Phi) is 5.62. The van der Waals surface area contributed by atoms with Crippen LogP contribution in [0.2, 0.25) is 5.02 Å². The van der Waals surface area contributed by atoms with Crippen molar-refractivity contribution in [2.45, 2.75) is 12.5 Å². The summed E-state index contributed by atoms with van der Waals surface area (Å²) in [5.74, 6) is -0.614. The SMILES string of the molecule is O=C(O)C[C@H](NC(=S)Nc1ncccn1)c1cccc(Cl)c1. The molecule has 0 saturated heterocycles. The van der Waals surface area contributed by atoms with Crippen molar-refractivity contribution in [3.63, 3.8) is 0 Å². The van der Waals surface area contributed by atoms with Crippen molar-refractivity contribution >= 4 is 40.8 Å². The van der Waals surface area contributed by atoms with Crippen molar-refractivity contribution in [2.24, 2.45) is 0 Å². The Morgan fingerprint density at radius 3 is 2.68 bits per heavy atom. The summed E-state index contributed by atoms with van der Waals surface area (Å²) < 4.78 is 0. The van der Waals surface area contributed by atoms with Crippen LogP contribution in [-0.2, 0) is 4.79 Å². The van der Waals surface area contributed by atoms with Gasteiger partial charge in [-0.15, -0.1) is 0 Å². The highest BCUT2D eigenvalue weighted by Crippen LogP contribution is 2.20. The number of hydrogen-bond donors (Lipinski definition) is 3. The lowest BCUT2D eigenvalue weighted by Gasteiger charge is -2.19. The zero-order chi connectivity index (χ0) is 15.9. The molecule has 0 fully saturated rings. The van der Waals surface area contributed by atoms with Crippen LogP contribution >= 0.6 is 23.8 Å². The second kappa shape index (κ2) is 7.67. The van der Waals surface area contributed by atoms with E-state index in [1.807, 2.05) is 0 Å². The minimum absolute atomic E-state index is 0.141. The van der Waals surface area contributed by atoms with Gasteiger partial charge < -0.3 is 15.7 Å². The van der Waals surface area contributed by atoms with Gasteiger partial charge in [0, 0.05) is 17.4 Å². The van der Waals surface area contributed by atoms with E-state index in [-0.39, 0.29) is 11.5 Å². The molecule has 8 heteroatoms. The summed E-state index contributed by atoms with van der Waals surface area (Å²) >= 11 is 11.1. The third-order valence-electron chi connectivity index (χ3n) is 2.73. The quantitative estimate of drug-likeness (QED) is 0.723. The Morgan fingerprint density at radius 2 is 2.05 bits per heavy atom. The molecule has 0 spiro atoms. The smallest absolute Gasteiger partial charge is 0.305 e. The summed E-state index contributed by atoms with van der Waals surface area (Å²) in [5, 5.41) is 15.6. The molecule has 3 N–H and O–H groups in total. The van der Waals surface area contributed by atoms with E-state index in [9.17, 15) is 4.79 Å². The van der Waals surface area contributed by atoms with Crippen LogP contribution in [0.3, 0.4) is 0 Å². The number of thiocarbonyl (C=S) groups is 1. The number of rotatable bonds is 5. The van der Waals surface area contributed by atoms with Crippen LogP contribution in [0.1, 0.15) is 18.0 Å². The maximum Gasteiger partial charge on any atom is 0.305 e. The van der Waals surface area contributed by atoms with Gasteiger partial charge in [0.25, 0.3) is 0 Å². The van der Waals surface area contributed by atoms with Crippen LogP contribution in [0, 0.1) is 0 Å². The van der Waals surface area contributed by atoms with Crippen LogP contribution < -0.4 is 10.6 Å². The first-order chi connectivity index (χ1) is 10.5. The lowest BCUT2D eigenvalue weighted by atomic mass is 10.0. The second-order valence-corrected chi connectivity index (χ2v) is 5.22. The van der Waals surface area contributed by atoms with Crippen LogP contribution in [0.5, 0.6) is 0 Å². The minimum atomic E-state index is -0.948. The number of halogens is 1. The highest BCUT2D eigenvalue weighted by atomic mass is 35.5. The van der Waals surface area contributed by atoms with E-state index < -0.39 is 12.0 Å². The number of aliphatic carboxylic acids is 1. The standard InChI is InChI=1S/C14H13ClN4O2S/c15-10-4-1-3-9(7-10)11(8-12(20)21)18-14(22)19-13-16-5-2-6-17-13/h1-7,11H,8H2,(H,20,21)(H2,16,17,18,19,22)/t11-/m0/s1. The van der Waals surface area contributed by atoms with Gasteiger partial charge in [-0.3, -0.25) is 4.79 Å². The summed E-state index contributed by atoms with van der Waals surface area (Å²) in [6.45, 7) is 0. The zero-order valence-electron chi connectivity index (χ0n) is 11.4. The Labute approximate surface area is 137 Å². The van der Waals surface area contributed by atoms with Crippen LogP contribution in [0.4, 0.5) is 5.95 Å². The molecule has 0 aliphatic heterocycles. The number of anilines is 1. The predicted octanol–water partition coefficient (Wildman–Crippen LogP) is 2.63. The van der Waals surface area contributed by atoms with Crippen molar-refractivity contribution in [3.8, 4) is 0 Å². The van der Waals surface area contributed by atoms with Gasteiger partial charge in [-0.1, -0.05) is 23.7 Å². The van der Waals surface area contributed by atoms with E-state index in [1.54, 1.807) is 42.7 Å². The van der Waals surface area contributed by atoms with Gasteiger partial charge >= 0.3 is 5.97 Å². The van der Waals surface area contributed by atoms with Gasteiger partial charge in [0.2, 0.25) is 5.95 Å². The fourth-order valence-electron chi connectivity index (χ4n) is 1.81. The van der Waals surface area contributed by atoms with E-state index in [1.165, 1.54) is 0 Å². The van der Waals surface area contributed by atoms with E-state index in [0.717, 1.165) is 5.56 Å². The van der Waals surface area contributed by atoms with Crippen LogP contribution in [0.25, 0.3) is 0 Å². The van der Waals surface area contributed by atoms with E-state index in [0.29, 0.717) is 11.0 Å². The molecule has 0 bridgehead atoms. The van der Waals surface area contributed by atoms with Crippen molar-refractivity contribution in [2.75, 3.05) is 5.32 Å². The molecule has 1 aromatic carbocycles. The van der Waals surface area contributed by atoms with Gasteiger partial charge in [0.05, 0.1) is 12.5 Å². The molecule has 2 rings (SSSR count). The summed E-state index contributed by atoms with van der Waals surface area (Å²) in [7, 11) is 0. The maximum atomic E-state index is 11.0. The fraction of sp³-hybridized carbons (Fsp3) is 0.143. The molecule has 0 aliphatic rings. The van der Waals surface area contributed by atoms with Crippen LogP contribution in [0.15, 0.2) is 42.7 Å². The highest BCUT2D eigenvalue weighted by molar-refractivity contribution is 7.80. The monoisotopic (exact) mass is 336 g/mol. The summed E-state index contributed by atoms with van der Waals surface area (Å²) in [6.07, 6.45) is 3.01. The molecule has 0 unspecified atom stereocenters. The van der Waals surface area contributed by atoms with Gasteiger partial charge in [-0.05, 0) is 36.0 Å². The van der Waals surface area contributed by atoms with Gasteiger partial charge in [-0.25, -0.2) is 9.97 Å². The molecule has 0 aliphatic carbocycles. The summed E-state index contributed by atoms with van der Waals surface area (Å²) in [4.78, 5) is 19.0. The average molecular weight is 337 g/mol. The van der Waals surface area contributed by atoms with E-state index >= 15 is 0 Å². The molecule has 1 atom stereocenters. The van der Waals surface area contributed by atoms with E-state index in [2.05, 4.69) is 20.6 Å². The van der Waals surface area contributed by atoms with Gasteiger partial charge in [0.1, 0.15) is 0 Å². The predicted molar refractivity (Wildman–Crippen MR) is 87.8 cm³/mol. The largest absolute Gasteiger partial charge is 0.481 e. The lowest BCUT2D eigenvalue weighted by molar-refractivity contribution is -0.137. The molecule has 0 saturated carbocycles. The summed E-state index contributed by atoms with van der Waals surface area (Å²) in [5.41, 5.74) is 0.730. The van der Waals surface area contributed by atoms with Crippen molar-refractivity contribution < 1.29 is 9.90 Å². The number of carboxylic acids is 1. The minimum Gasteiger partial charge on any atom is -0.481 e. The molecule has 0 amide bonds. The van der Waals surface area contributed by atoms with Crippen LogP contribution in [-0.4, -0.2) is 26.2 Å². The Morgan fingerprint density at radius 1 is 1.32 bits per heavy atom. The number of benzene rings is 1. The number of hydrogen-bond acceptors (Lipinski definition) is 4. The normalized spacial score (nSPS) is 11.5. The topological polar surface area (TPSA) is 87.1 Å². The number of nitrogens with zero attached hydrogens (tertiary/aromatic N) is 2. The maximum absolute atomic E-state index is 11.0. The lowest BCUT2D eigenvalue weighted by Crippen LogP contribution is -2.34. The molecule has 0 radical (unpaired) electrons. The third-order valence-corrected chi connectivity index (χ3v) is 3.18. The molecule has 6 nitrogen and oxygen atoms in total. The molecule has 114 valence electrons. The Balaban J connectivity index is 2.09. The Bertz CT molecular complexity index is 669. The first-order valence-corrected chi connectivity index (χ1v) is 7.15. The average Bonchev–Trinajstić information content (AvgIpc) is 2.47. The number of aromatic nitrogens is 2. The molecule has 22 heavy (non-hydrogen) atoms. The van der Waals surface area contributed by atoms with E-state index in [4.69, 9.17) is 28.9 Å². The number of nitrogens with one attached hydrogen (secondary N) is 2. The molecule has 1 heterocycles. The van der Waals surface area contributed by atoms with Gasteiger partial charge in [0.15, 0.2) is 5.11 Å². The molecule has 2 aromatic rings. The highest BCUT2D eigenvalue weighted by Gasteiger charge is 2.17. The van der Waals surface area contributed by atoms with Crippen molar-refractivity contribution in [1.29, 1.82) is 0 Å². The van der Waals surface area contributed by atoms with Crippen molar-refractivity contribution in [1.82, 2.24) is 15.3 Å². The second-order valence-electron chi connectivity index (χ2n) is 4.38. The van der Waals surface area contributed by atoms with Crippen molar-refractivity contribution in [3.05, 3.63) is 53.3 Å². The first kappa shape index (κ1) is 16.1. The molecular formula is C14H13ClN4O2S. The molecule has 1 aromatic heterocycles.